The maximum Gasteiger partial charge on any atom is 0.191 e. The molecular weight excluding hydrogens is 477 g/mol. The predicted molar refractivity (Wildman–Crippen MR) is 136 cm³/mol. The highest BCUT2D eigenvalue weighted by Crippen LogP contribution is 2.17. The van der Waals surface area contributed by atoms with Crippen LogP contribution in [0.15, 0.2) is 29.3 Å². The molecule has 1 rings (SSSR count). The van der Waals surface area contributed by atoms with E-state index >= 15 is 0 Å². The van der Waals surface area contributed by atoms with Crippen molar-refractivity contribution >= 4 is 29.9 Å². The first-order valence-electron chi connectivity index (χ1n) is 10.4. The summed E-state index contributed by atoms with van der Waals surface area (Å²) in [5.74, 6) is 1.75. The number of aliphatic imine (C=N–C) groups is 1. The number of hydrogen-bond acceptors (Lipinski definition) is 4. The van der Waals surface area contributed by atoms with Crippen LogP contribution in [0.2, 0.25) is 0 Å². The number of halogens is 1. The minimum Gasteiger partial charge on any atom is -0.492 e. The first-order valence-corrected chi connectivity index (χ1v) is 10.4. The lowest BCUT2D eigenvalue weighted by molar-refractivity contribution is 0.173. The van der Waals surface area contributed by atoms with Crippen molar-refractivity contribution in [2.75, 3.05) is 47.4 Å². The molecule has 29 heavy (non-hydrogen) atoms. The molecule has 2 N–H and O–H groups in total. The van der Waals surface area contributed by atoms with Gasteiger partial charge in [-0.25, -0.2) is 0 Å². The van der Waals surface area contributed by atoms with Crippen molar-refractivity contribution in [3.8, 4) is 5.75 Å². The Morgan fingerprint density at radius 3 is 2.28 bits per heavy atom. The van der Waals surface area contributed by atoms with Crippen molar-refractivity contribution in [1.29, 1.82) is 0 Å². The number of ether oxygens (including phenoxy) is 1. The number of hydrogen-bond donors (Lipinski definition) is 2. The van der Waals surface area contributed by atoms with Crippen molar-refractivity contribution in [1.82, 2.24) is 20.4 Å². The van der Waals surface area contributed by atoms with E-state index in [-0.39, 0.29) is 24.0 Å². The maximum atomic E-state index is 5.94. The summed E-state index contributed by atoms with van der Waals surface area (Å²) in [7, 11) is 5.91. The molecule has 0 unspecified atom stereocenters. The van der Waals surface area contributed by atoms with Gasteiger partial charge >= 0.3 is 0 Å². The molecule has 0 amide bonds. The van der Waals surface area contributed by atoms with Crippen molar-refractivity contribution in [2.24, 2.45) is 4.99 Å². The van der Waals surface area contributed by atoms with Gasteiger partial charge in [0.2, 0.25) is 0 Å². The molecule has 0 heterocycles. The molecule has 0 radical (unpaired) electrons. The van der Waals surface area contributed by atoms with Crippen LogP contribution in [0.25, 0.3) is 0 Å². The smallest absolute Gasteiger partial charge is 0.191 e. The first kappa shape index (κ1) is 27.9. The second kappa shape index (κ2) is 15.7. The topological polar surface area (TPSA) is 52.1 Å². The molecule has 0 saturated carbocycles. The molecule has 1 aromatic carbocycles. The largest absolute Gasteiger partial charge is 0.492 e. The van der Waals surface area contributed by atoms with Crippen LogP contribution in [0.4, 0.5) is 0 Å². The highest BCUT2D eigenvalue weighted by molar-refractivity contribution is 14.0. The van der Waals surface area contributed by atoms with Gasteiger partial charge < -0.3 is 20.3 Å². The summed E-state index contributed by atoms with van der Waals surface area (Å²) in [6.07, 6.45) is 1.08. The first-order chi connectivity index (χ1) is 13.3. The van der Waals surface area contributed by atoms with E-state index in [1.807, 2.05) is 39.3 Å². The highest BCUT2D eigenvalue weighted by atomic mass is 127. The van der Waals surface area contributed by atoms with Gasteiger partial charge in [-0.1, -0.05) is 18.2 Å². The number of rotatable bonds is 12. The summed E-state index contributed by atoms with van der Waals surface area (Å²) in [5.41, 5.74) is 1.13. The molecule has 0 atom stereocenters. The molecule has 1 aromatic rings. The molecular formula is C22H42IN5O. The van der Waals surface area contributed by atoms with E-state index in [4.69, 9.17) is 4.74 Å². The Morgan fingerprint density at radius 1 is 1.03 bits per heavy atom. The van der Waals surface area contributed by atoms with Crippen molar-refractivity contribution in [3.63, 3.8) is 0 Å². The van der Waals surface area contributed by atoms with Crippen LogP contribution in [0.3, 0.4) is 0 Å². The van der Waals surface area contributed by atoms with Crippen LogP contribution in [0.1, 0.15) is 39.7 Å². The summed E-state index contributed by atoms with van der Waals surface area (Å²) in [4.78, 5) is 8.97. The van der Waals surface area contributed by atoms with Crippen LogP contribution in [0, 0.1) is 0 Å². The van der Waals surface area contributed by atoms with E-state index in [9.17, 15) is 0 Å². The molecule has 0 saturated heterocycles. The number of nitrogens with one attached hydrogen (secondary N) is 2. The molecule has 168 valence electrons. The molecule has 0 aliphatic heterocycles. The SMILES string of the molecule is CN=C(NCCCN(C(C)C)C(C)C)NCc1ccccc1OCCN(C)C.I. The third-order valence-corrected chi connectivity index (χ3v) is 4.65. The quantitative estimate of drug-likeness (QED) is 0.192. The van der Waals surface area contributed by atoms with Crippen molar-refractivity contribution < 1.29 is 4.74 Å². The zero-order valence-electron chi connectivity index (χ0n) is 19.4. The fourth-order valence-electron chi connectivity index (χ4n) is 3.11. The average Bonchev–Trinajstić information content (AvgIpc) is 2.64. The van der Waals surface area contributed by atoms with Gasteiger partial charge in [0, 0.05) is 50.9 Å². The van der Waals surface area contributed by atoms with E-state index < -0.39 is 0 Å². The van der Waals surface area contributed by atoms with Crippen LogP contribution < -0.4 is 15.4 Å². The van der Waals surface area contributed by atoms with Crippen LogP contribution in [-0.4, -0.2) is 75.2 Å². The molecule has 0 bridgehead atoms. The Hall–Kier alpha value is -1.06. The predicted octanol–water partition coefficient (Wildman–Crippen LogP) is 3.42. The molecule has 7 heteroatoms. The van der Waals surface area contributed by atoms with Gasteiger partial charge in [-0.05, 0) is 54.3 Å². The maximum absolute atomic E-state index is 5.94. The minimum absolute atomic E-state index is 0. The second-order valence-electron chi connectivity index (χ2n) is 7.89. The highest BCUT2D eigenvalue weighted by Gasteiger charge is 2.12. The molecule has 6 nitrogen and oxygen atoms in total. The van der Waals surface area contributed by atoms with E-state index in [1.165, 1.54) is 0 Å². The fraction of sp³-hybridized carbons (Fsp3) is 0.682. The van der Waals surface area contributed by atoms with Crippen molar-refractivity contribution in [2.45, 2.75) is 52.7 Å². The molecule has 0 aromatic heterocycles. The normalized spacial score (nSPS) is 11.9. The Labute approximate surface area is 195 Å². The number of likely N-dealkylation sites (N-methyl/N-ethyl adjacent to an activating group) is 1. The second-order valence-corrected chi connectivity index (χ2v) is 7.89. The summed E-state index contributed by atoms with van der Waals surface area (Å²) in [6.45, 7) is 13.3. The number of para-hydroxylation sites is 1. The van der Waals surface area contributed by atoms with E-state index in [2.05, 4.69) is 59.2 Å². The third-order valence-electron chi connectivity index (χ3n) is 4.65. The van der Waals surface area contributed by atoms with E-state index in [1.54, 1.807) is 0 Å². The van der Waals surface area contributed by atoms with Gasteiger partial charge in [0.1, 0.15) is 12.4 Å². The van der Waals surface area contributed by atoms with E-state index in [0.29, 0.717) is 25.2 Å². The van der Waals surface area contributed by atoms with Gasteiger partial charge in [-0.2, -0.15) is 0 Å². The van der Waals surface area contributed by atoms with Crippen LogP contribution in [-0.2, 0) is 6.54 Å². The molecule has 0 spiro atoms. The number of nitrogens with zero attached hydrogens (tertiary/aromatic N) is 3. The summed E-state index contributed by atoms with van der Waals surface area (Å²) in [5, 5.41) is 6.81. The van der Waals surface area contributed by atoms with Crippen LogP contribution in [0.5, 0.6) is 5.75 Å². The monoisotopic (exact) mass is 519 g/mol. The lowest BCUT2D eigenvalue weighted by atomic mass is 10.2. The third kappa shape index (κ3) is 11.6. The zero-order valence-corrected chi connectivity index (χ0v) is 21.7. The minimum atomic E-state index is 0. The Kier molecular flexibility index (Phi) is 15.2. The molecule has 0 aliphatic carbocycles. The molecule has 0 fully saturated rings. The Morgan fingerprint density at radius 2 is 1.69 bits per heavy atom. The summed E-state index contributed by atoms with van der Waals surface area (Å²) >= 11 is 0. The van der Waals surface area contributed by atoms with E-state index in [0.717, 1.165) is 43.3 Å². The van der Waals surface area contributed by atoms with Gasteiger partial charge in [0.05, 0.1) is 0 Å². The Bertz CT molecular complexity index is 570. The summed E-state index contributed by atoms with van der Waals surface area (Å²) in [6, 6.07) is 9.31. The van der Waals surface area contributed by atoms with Gasteiger partial charge in [0.15, 0.2) is 5.96 Å². The van der Waals surface area contributed by atoms with Gasteiger partial charge in [-0.15, -0.1) is 24.0 Å². The molecule has 0 aliphatic rings. The standard InChI is InChI=1S/C22H41N5O.HI/c1-18(2)27(19(3)4)14-10-13-24-22(23-5)25-17-20-11-8-9-12-21(20)28-16-15-26(6)7;/h8-9,11-12,18-19H,10,13-17H2,1-7H3,(H2,23,24,25);1H. The van der Waals surface area contributed by atoms with Gasteiger partial charge in [-0.3, -0.25) is 9.89 Å². The number of benzene rings is 1. The average molecular weight is 520 g/mol. The Balaban J connectivity index is 0.00000784. The number of guanidine groups is 1. The fourth-order valence-corrected chi connectivity index (χ4v) is 3.11. The zero-order chi connectivity index (χ0) is 20.9. The van der Waals surface area contributed by atoms with Crippen LogP contribution >= 0.6 is 24.0 Å². The van der Waals surface area contributed by atoms with Gasteiger partial charge in [0.25, 0.3) is 0 Å². The van der Waals surface area contributed by atoms with Crippen molar-refractivity contribution in [3.05, 3.63) is 29.8 Å². The lowest BCUT2D eigenvalue weighted by Crippen LogP contribution is -2.41. The summed E-state index contributed by atoms with van der Waals surface area (Å²) < 4.78 is 5.94. The lowest BCUT2D eigenvalue weighted by Gasteiger charge is -2.30.